The van der Waals surface area contributed by atoms with Crippen molar-refractivity contribution in [1.29, 1.82) is 0 Å². The van der Waals surface area contributed by atoms with E-state index in [1.807, 2.05) is 0 Å². The Hall–Kier alpha value is 0. The highest BCUT2D eigenvalue weighted by molar-refractivity contribution is 4.89. The lowest BCUT2D eigenvalue weighted by atomic mass is 9.59. The molecule has 14 unspecified atom stereocenters. The van der Waals surface area contributed by atoms with Crippen molar-refractivity contribution < 1.29 is 0 Å². The Morgan fingerprint density at radius 3 is 0.738 bits per heavy atom. The van der Waals surface area contributed by atoms with Crippen LogP contribution in [0.1, 0.15) is 187 Å². The van der Waals surface area contributed by atoms with Gasteiger partial charge in [-0.15, -0.1) is 0 Å². The Bertz CT molecular complexity index is 648. The van der Waals surface area contributed by atoms with Crippen molar-refractivity contribution in [3.05, 3.63) is 0 Å². The number of rotatable bonds is 10. The van der Waals surface area contributed by atoms with Crippen LogP contribution in [0.15, 0.2) is 0 Å². The van der Waals surface area contributed by atoms with Gasteiger partial charge in [0.2, 0.25) is 0 Å². The molecule has 0 bridgehead atoms. The average molecular weight is 589 g/mol. The van der Waals surface area contributed by atoms with E-state index in [1.165, 1.54) is 89.9 Å². The first kappa shape index (κ1) is 40.0. The minimum absolute atomic E-state index is 0.965. The molecule has 0 aromatic heterocycles. The standard InChI is InChI=1S/C15H30.C12H24.C9H18.C6H12/c1-6-12-10-11(5)13(7-2)15(9-4)14(12)8-3;1-5-10-8-9(4)11(6-2)12(10)7-3;1-4-8-6-7(3)9(8)5-2;1-3-6-4-5(6)2/h11-15H,6-10H2,1-5H3;9-12H,5-8H2,1-4H3;7-9H,4-6H2,1-3H3;5-6H,3-4H2,1-2H3. The summed E-state index contributed by atoms with van der Waals surface area (Å²) in [5.74, 6) is 14.4. The molecule has 0 spiro atoms. The third kappa shape index (κ3) is 11.1. The first-order chi connectivity index (χ1) is 20.1. The van der Waals surface area contributed by atoms with Crippen LogP contribution in [0.4, 0.5) is 0 Å². The van der Waals surface area contributed by atoms with E-state index in [0.717, 1.165) is 82.9 Å². The fourth-order valence-corrected chi connectivity index (χ4v) is 11.0. The van der Waals surface area contributed by atoms with Gasteiger partial charge in [0.05, 0.1) is 0 Å². The topological polar surface area (TPSA) is 0 Å². The molecule has 14 atom stereocenters. The molecule has 0 nitrogen and oxygen atoms in total. The van der Waals surface area contributed by atoms with Crippen molar-refractivity contribution in [2.75, 3.05) is 0 Å². The summed E-state index contributed by atoms with van der Waals surface area (Å²) in [4.78, 5) is 0. The van der Waals surface area contributed by atoms with Gasteiger partial charge < -0.3 is 0 Å². The Balaban J connectivity index is 0.000000293. The van der Waals surface area contributed by atoms with Crippen LogP contribution >= 0.6 is 0 Å². The molecule has 4 rings (SSSR count). The van der Waals surface area contributed by atoms with Gasteiger partial charge >= 0.3 is 0 Å². The summed E-state index contributed by atoms with van der Waals surface area (Å²) in [6, 6.07) is 0. The SMILES string of the molecule is CCC1CC(C)C(CC)C(CC)C1CC.CCC1CC(C)C(CC)C1CC.CCC1CC(C)C1CC.CCC1CC1C. The molecule has 4 aliphatic carbocycles. The van der Waals surface area contributed by atoms with Gasteiger partial charge in [0.15, 0.2) is 0 Å². The van der Waals surface area contributed by atoms with Crippen LogP contribution in [0.2, 0.25) is 0 Å². The minimum atomic E-state index is 0.965. The summed E-state index contributed by atoms with van der Waals surface area (Å²) in [7, 11) is 0. The highest BCUT2D eigenvalue weighted by atomic mass is 14.4. The largest absolute Gasteiger partial charge is 0.0651 e. The molecule has 252 valence electrons. The first-order valence-electron chi connectivity index (χ1n) is 20.1. The molecule has 4 aliphatic rings. The smallest absolute Gasteiger partial charge is 0.0355 e. The summed E-state index contributed by atoms with van der Waals surface area (Å²) in [5, 5.41) is 0. The predicted molar refractivity (Wildman–Crippen MR) is 193 cm³/mol. The predicted octanol–water partition coefficient (Wildman–Crippen LogP) is 14.4. The second kappa shape index (κ2) is 20.9. The second-order valence-corrected chi connectivity index (χ2v) is 16.0. The van der Waals surface area contributed by atoms with Gasteiger partial charge in [0, 0.05) is 0 Å². The molecule has 0 heteroatoms. The van der Waals surface area contributed by atoms with E-state index >= 15 is 0 Å². The first-order valence-corrected chi connectivity index (χ1v) is 20.1. The van der Waals surface area contributed by atoms with E-state index < -0.39 is 0 Å². The highest BCUT2D eigenvalue weighted by Crippen LogP contribution is 2.48. The van der Waals surface area contributed by atoms with Gasteiger partial charge in [-0.1, -0.05) is 161 Å². The average Bonchev–Trinajstić information content (AvgIpc) is 3.63. The van der Waals surface area contributed by atoms with Crippen molar-refractivity contribution in [3.63, 3.8) is 0 Å². The summed E-state index contributed by atoms with van der Waals surface area (Å²) in [6.45, 7) is 33.2. The lowest BCUT2D eigenvalue weighted by molar-refractivity contribution is 0.0338. The maximum absolute atomic E-state index is 2.49. The summed E-state index contributed by atoms with van der Waals surface area (Å²) in [6.07, 6.45) is 20.0. The summed E-state index contributed by atoms with van der Waals surface area (Å²) in [5.41, 5.74) is 0. The van der Waals surface area contributed by atoms with Gasteiger partial charge in [-0.2, -0.15) is 0 Å². The van der Waals surface area contributed by atoms with E-state index in [4.69, 9.17) is 0 Å². The normalized spacial score (nSPS) is 42.1. The van der Waals surface area contributed by atoms with E-state index in [1.54, 1.807) is 0 Å². The molecular formula is C42H84. The Morgan fingerprint density at radius 2 is 0.524 bits per heavy atom. The Kier molecular flexibility index (Phi) is 19.9. The minimum Gasteiger partial charge on any atom is -0.0651 e. The monoisotopic (exact) mass is 589 g/mol. The lowest BCUT2D eigenvalue weighted by Gasteiger charge is -2.46. The third-order valence-electron chi connectivity index (χ3n) is 13.9. The molecule has 0 N–H and O–H groups in total. The maximum atomic E-state index is 2.49. The zero-order valence-electron chi connectivity index (χ0n) is 32.0. The zero-order valence-corrected chi connectivity index (χ0v) is 32.0. The van der Waals surface area contributed by atoms with Gasteiger partial charge in [0.1, 0.15) is 0 Å². The van der Waals surface area contributed by atoms with E-state index in [-0.39, 0.29) is 0 Å². The van der Waals surface area contributed by atoms with Gasteiger partial charge in [-0.25, -0.2) is 0 Å². The molecule has 0 radical (unpaired) electrons. The molecule has 0 saturated heterocycles. The van der Waals surface area contributed by atoms with Crippen molar-refractivity contribution in [2.24, 2.45) is 82.9 Å². The molecule has 0 heterocycles. The maximum Gasteiger partial charge on any atom is -0.0355 e. The van der Waals surface area contributed by atoms with E-state index in [9.17, 15) is 0 Å². The third-order valence-corrected chi connectivity index (χ3v) is 13.9. The van der Waals surface area contributed by atoms with Gasteiger partial charge in [0.25, 0.3) is 0 Å². The van der Waals surface area contributed by atoms with E-state index in [0.29, 0.717) is 0 Å². The fraction of sp³-hybridized carbons (Fsp3) is 1.00. The molecule has 42 heavy (non-hydrogen) atoms. The quantitative estimate of drug-likeness (QED) is 0.238. The second-order valence-electron chi connectivity index (χ2n) is 16.0. The van der Waals surface area contributed by atoms with Crippen LogP contribution in [0.25, 0.3) is 0 Å². The van der Waals surface area contributed by atoms with Gasteiger partial charge in [-0.3, -0.25) is 0 Å². The highest BCUT2D eigenvalue weighted by Gasteiger charge is 2.39. The van der Waals surface area contributed by atoms with Crippen molar-refractivity contribution in [1.82, 2.24) is 0 Å². The van der Waals surface area contributed by atoms with Crippen LogP contribution in [0.3, 0.4) is 0 Å². The Morgan fingerprint density at radius 1 is 0.262 bits per heavy atom. The molecule has 0 amide bonds. The molecule has 0 aromatic carbocycles. The Labute approximate surface area is 269 Å². The van der Waals surface area contributed by atoms with Gasteiger partial charge in [-0.05, 0) is 109 Å². The van der Waals surface area contributed by atoms with Crippen LogP contribution in [-0.4, -0.2) is 0 Å². The van der Waals surface area contributed by atoms with Crippen molar-refractivity contribution >= 4 is 0 Å². The van der Waals surface area contributed by atoms with Crippen LogP contribution < -0.4 is 0 Å². The summed E-state index contributed by atoms with van der Waals surface area (Å²) < 4.78 is 0. The molecule has 4 saturated carbocycles. The lowest BCUT2D eigenvalue weighted by Crippen LogP contribution is -2.38. The summed E-state index contributed by atoms with van der Waals surface area (Å²) >= 11 is 0. The number of hydrogen-bond donors (Lipinski definition) is 0. The molecule has 0 aliphatic heterocycles. The number of hydrogen-bond acceptors (Lipinski definition) is 0. The van der Waals surface area contributed by atoms with Crippen LogP contribution in [0, 0.1) is 82.9 Å². The molecule has 4 fully saturated rings. The van der Waals surface area contributed by atoms with Crippen LogP contribution in [0.5, 0.6) is 0 Å². The van der Waals surface area contributed by atoms with Crippen LogP contribution in [-0.2, 0) is 0 Å². The molecule has 0 aromatic rings. The molecular weight excluding hydrogens is 504 g/mol. The van der Waals surface area contributed by atoms with E-state index in [2.05, 4.69) is 96.9 Å². The fourth-order valence-electron chi connectivity index (χ4n) is 11.0. The van der Waals surface area contributed by atoms with Crippen molar-refractivity contribution in [2.45, 2.75) is 187 Å². The van der Waals surface area contributed by atoms with Crippen molar-refractivity contribution in [3.8, 4) is 0 Å². The zero-order chi connectivity index (χ0) is 32.0.